The number of benzene rings is 1. The monoisotopic (exact) mass is 402 g/mol. The molecule has 0 aliphatic carbocycles. The summed E-state index contributed by atoms with van der Waals surface area (Å²) in [5, 5.41) is 5.34. The third-order valence-corrected chi connectivity index (χ3v) is 4.72. The van der Waals surface area contributed by atoms with E-state index in [0.717, 1.165) is 0 Å². The van der Waals surface area contributed by atoms with Gasteiger partial charge in [-0.1, -0.05) is 11.6 Å². The molecular weight excluding hydrogens is 383 g/mol. The lowest BCUT2D eigenvalue weighted by molar-refractivity contribution is 0.0754. The summed E-state index contributed by atoms with van der Waals surface area (Å²) in [6, 6.07) is 4.85. The van der Waals surface area contributed by atoms with Crippen LogP contribution in [0.2, 0.25) is 5.02 Å². The van der Waals surface area contributed by atoms with E-state index in [9.17, 15) is 9.59 Å². The second-order valence-electron chi connectivity index (χ2n) is 5.49. The molecule has 0 fully saturated rings. The summed E-state index contributed by atoms with van der Waals surface area (Å²) < 4.78 is 0. The number of amides is 2. The number of rotatable bonds is 5. The van der Waals surface area contributed by atoms with E-state index in [1.165, 1.54) is 11.3 Å². The van der Waals surface area contributed by atoms with Crippen LogP contribution in [-0.4, -0.2) is 34.8 Å². The van der Waals surface area contributed by atoms with Gasteiger partial charge in [-0.15, -0.1) is 23.7 Å². The quantitative estimate of drug-likeness (QED) is 0.801. The summed E-state index contributed by atoms with van der Waals surface area (Å²) >= 11 is 7.45. The van der Waals surface area contributed by atoms with Gasteiger partial charge in [-0.05, 0) is 32.0 Å². The third-order valence-electron chi connectivity index (χ3n) is 3.52. The van der Waals surface area contributed by atoms with Crippen LogP contribution >= 0.6 is 35.3 Å². The summed E-state index contributed by atoms with van der Waals surface area (Å²) in [5.74, 6) is -0.536. The lowest BCUT2D eigenvalue weighted by atomic mass is 10.1. The number of anilines is 1. The SMILES string of the molecule is CC(C)N(C)C(=O)c1ccc(Cl)c(NC(=O)c2csc(CN)n2)c1.Cl. The highest BCUT2D eigenvalue weighted by Crippen LogP contribution is 2.25. The fourth-order valence-electron chi connectivity index (χ4n) is 1.89. The van der Waals surface area contributed by atoms with Gasteiger partial charge >= 0.3 is 0 Å². The Morgan fingerprint density at radius 2 is 2.08 bits per heavy atom. The Hall–Kier alpha value is -1.67. The van der Waals surface area contributed by atoms with E-state index in [2.05, 4.69) is 10.3 Å². The Kier molecular flexibility index (Phi) is 7.82. The summed E-state index contributed by atoms with van der Waals surface area (Å²) in [6.07, 6.45) is 0. The number of hydrogen-bond donors (Lipinski definition) is 2. The van der Waals surface area contributed by atoms with E-state index in [4.69, 9.17) is 17.3 Å². The van der Waals surface area contributed by atoms with Gasteiger partial charge in [-0.25, -0.2) is 4.98 Å². The molecule has 0 atom stereocenters. The highest BCUT2D eigenvalue weighted by molar-refractivity contribution is 7.09. The Morgan fingerprint density at radius 3 is 2.64 bits per heavy atom. The van der Waals surface area contributed by atoms with Crippen LogP contribution in [0.25, 0.3) is 0 Å². The van der Waals surface area contributed by atoms with Gasteiger partial charge in [0.15, 0.2) is 0 Å². The maximum absolute atomic E-state index is 12.4. The maximum Gasteiger partial charge on any atom is 0.275 e. The van der Waals surface area contributed by atoms with E-state index < -0.39 is 5.91 Å². The van der Waals surface area contributed by atoms with Crippen LogP contribution in [-0.2, 0) is 6.54 Å². The second kappa shape index (κ2) is 9.15. The molecule has 0 unspecified atom stereocenters. The third kappa shape index (κ3) is 5.15. The highest BCUT2D eigenvalue weighted by atomic mass is 35.5. The van der Waals surface area contributed by atoms with Crippen LogP contribution in [0.4, 0.5) is 5.69 Å². The zero-order valence-electron chi connectivity index (χ0n) is 14.1. The minimum atomic E-state index is -0.394. The van der Waals surface area contributed by atoms with Crippen LogP contribution in [0.1, 0.15) is 39.7 Å². The number of aromatic nitrogens is 1. The molecule has 0 bridgehead atoms. The van der Waals surface area contributed by atoms with Crippen molar-refractivity contribution in [1.29, 1.82) is 0 Å². The molecule has 0 spiro atoms. The molecule has 0 saturated carbocycles. The topological polar surface area (TPSA) is 88.3 Å². The molecule has 0 saturated heterocycles. The number of hydrogen-bond acceptors (Lipinski definition) is 5. The van der Waals surface area contributed by atoms with Crippen molar-refractivity contribution in [2.24, 2.45) is 5.73 Å². The Morgan fingerprint density at radius 1 is 1.40 bits per heavy atom. The predicted molar refractivity (Wildman–Crippen MR) is 104 cm³/mol. The van der Waals surface area contributed by atoms with Gasteiger partial charge in [0.2, 0.25) is 0 Å². The smallest absolute Gasteiger partial charge is 0.275 e. The lowest BCUT2D eigenvalue weighted by Crippen LogP contribution is -2.33. The van der Waals surface area contributed by atoms with Crippen LogP contribution < -0.4 is 11.1 Å². The molecule has 0 radical (unpaired) electrons. The fraction of sp³-hybridized carbons (Fsp3) is 0.312. The molecule has 1 aromatic carbocycles. The minimum Gasteiger partial charge on any atom is -0.339 e. The van der Waals surface area contributed by atoms with Crippen LogP contribution in [0, 0.1) is 0 Å². The molecule has 1 aromatic heterocycles. The van der Waals surface area contributed by atoms with E-state index in [1.807, 2.05) is 13.8 Å². The average Bonchev–Trinajstić information content (AvgIpc) is 3.04. The van der Waals surface area contributed by atoms with Crippen LogP contribution in [0.3, 0.4) is 0 Å². The van der Waals surface area contributed by atoms with Crippen molar-refractivity contribution in [1.82, 2.24) is 9.88 Å². The van der Waals surface area contributed by atoms with Crippen molar-refractivity contribution < 1.29 is 9.59 Å². The van der Waals surface area contributed by atoms with E-state index in [-0.39, 0.29) is 36.6 Å². The van der Waals surface area contributed by atoms with E-state index >= 15 is 0 Å². The molecule has 0 aliphatic heterocycles. The van der Waals surface area contributed by atoms with Gasteiger partial charge in [0, 0.05) is 30.6 Å². The maximum atomic E-state index is 12.4. The van der Waals surface area contributed by atoms with Crippen molar-refractivity contribution in [3.05, 3.63) is 44.9 Å². The lowest BCUT2D eigenvalue weighted by Gasteiger charge is -2.21. The molecule has 1 heterocycles. The van der Waals surface area contributed by atoms with Crippen LogP contribution in [0.15, 0.2) is 23.6 Å². The molecule has 9 heteroatoms. The Bertz CT molecular complexity index is 764. The molecule has 136 valence electrons. The number of halogens is 2. The first kappa shape index (κ1) is 21.4. The number of nitrogens with two attached hydrogens (primary N) is 1. The van der Waals surface area contributed by atoms with E-state index in [0.29, 0.717) is 21.3 Å². The average molecular weight is 403 g/mol. The van der Waals surface area contributed by atoms with Crippen molar-refractivity contribution in [3.63, 3.8) is 0 Å². The number of nitrogens with one attached hydrogen (secondary N) is 1. The molecule has 2 amide bonds. The fourth-order valence-corrected chi connectivity index (χ4v) is 2.71. The van der Waals surface area contributed by atoms with Gasteiger partial charge in [-0.3, -0.25) is 9.59 Å². The Balaban J connectivity index is 0.00000312. The second-order valence-corrected chi connectivity index (χ2v) is 6.84. The molecule has 25 heavy (non-hydrogen) atoms. The molecule has 6 nitrogen and oxygen atoms in total. The summed E-state index contributed by atoms with van der Waals surface area (Å²) in [4.78, 5) is 30.4. The van der Waals surface area contributed by atoms with Crippen LogP contribution in [0.5, 0.6) is 0 Å². The molecule has 3 N–H and O–H groups in total. The highest BCUT2D eigenvalue weighted by Gasteiger charge is 2.17. The number of nitrogens with zero attached hydrogens (tertiary/aromatic N) is 2. The van der Waals surface area contributed by atoms with E-state index in [1.54, 1.807) is 35.5 Å². The summed E-state index contributed by atoms with van der Waals surface area (Å²) in [6.45, 7) is 4.13. The van der Waals surface area contributed by atoms with Crippen molar-refractivity contribution in [3.8, 4) is 0 Å². The number of carbonyl (C=O) groups is 2. The predicted octanol–water partition coefficient (Wildman–Crippen LogP) is 3.41. The Labute approximate surface area is 161 Å². The van der Waals surface area contributed by atoms with Gasteiger partial charge < -0.3 is 16.0 Å². The molecule has 0 aliphatic rings. The largest absolute Gasteiger partial charge is 0.339 e. The van der Waals surface area contributed by atoms with Crippen molar-refractivity contribution in [2.45, 2.75) is 26.4 Å². The van der Waals surface area contributed by atoms with Crippen molar-refractivity contribution in [2.75, 3.05) is 12.4 Å². The zero-order chi connectivity index (χ0) is 17.9. The summed E-state index contributed by atoms with van der Waals surface area (Å²) in [5.41, 5.74) is 6.59. The summed E-state index contributed by atoms with van der Waals surface area (Å²) in [7, 11) is 1.73. The standard InChI is InChI=1S/C16H19ClN4O2S.ClH/c1-9(2)21(3)16(23)10-4-5-11(17)12(6-10)20-15(22)13-8-24-14(7-18)19-13;/h4-6,8-9H,7,18H2,1-3H3,(H,20,22);1H. The molecule has 2 rings (SSSR count). The first-order valence-electron chi connectivity index (χ1n) is 7.36. The first-order valence-corrected chi connectivity index (χ1v) is 8.61. The first-order chi connectivity index (χ1) is 11.3. The number of carbonyl (C=O) groups excluding carboxylic acids is 2. The van der Waals surface area contributed by atoms with Gasteiger partial charge in [0.25, 0.3) is 11.8 Å². The van der Waals surface area contributed by atoms with Gasteiger partial charge in [0.05, 0.1) is 10.7 Å². The number of thiazole rings is 1. The minimum absolute atomic E-state index is 0. The zero-order valence-corrected chi connectivity index (χ0v) is 16.5. The van der Waals surface area contributed by atoms with Gasteiger partial charge in [0.1, 0.15) is 10.7 Å². The van der Waals surface area contributed by atoms with Crippen molar-refractivity contribution >= 4 is 52.8 Å². The van der Waals surface area contributed by atoms with Gasteiger partial charge in [-0.2, -0.15) is 0 Å². The molecular formula is C16H20Cl2N4O2S. The normalized spacial score (nSPS) is 10.3. The molecule has 2 aromatic rings.